The third-order valence-corrected chi connectivity index (χ3v) is 2.70. The quantitative estimate of drug-likeness (QED) is 0.735. The molecule has 4 heteroatoms. The summed E-state index contributed by atoms with van der Waals surface area (Å²) in [4.78, 5) is 23.9. The molecule has 2 rings (SSSR count). The van der Waals surface area contributed by atoms with E-state index in [-0.39, 0.29) is 16.8 Å². The Bertz CT molecular complexity index is 537. The van der Waals surface area contributed by atoms with Crippen LogP contribution >= 0.6 is 0 Å². The number of allylic oxidation sites excluding steroid dienone is 1. The van der Waals surface area contributed by atoms with Crippen molar-refractivity contribution in [1.82, 2.24) is 0 Å². The van der Waals surface area contributed by atoms with E-state index < -0.39 is 0 Å². The highest BCUT2D eigenvalue weighted by Gasteiger charge is 2.21. The Morgan fingerprint density at radius 2 is 2.12 bits per heavy atom. The van der Waals surface area contributed by atoms with Crippen LogP contribution in [0.3, 0.4) is 0 Å². The molecule has 0 aliphatic carbocycles. The van der Waals surface area contributed by atoms with Gasteiger partial charge in [-0.25, -0.2) is 0 Å². The maximum absolute atomic E-state index is 12.1. The van der Waals surface area contributed by atoms with Crippen LogP contribution in [-0.2, 0) is 4.74 Å². The molecule has 0 fully saturated rings. The summed E-state index contributed by atoms with van der Waals surface area (Å²) in [7, 11) is 0. The molecule has 1 aromatic heterocycles. The average molecular weight is 234 g/mol. The summed E-state index contributed by atoms with van der Waals surface area (Å²) in [5.74, 6) is 0.598. The summed E-state index contributed by atoms with van der Waals surface area (Å²) in [5, 5.41) is 0. The molecule has 4 nitrogen and oxygen atoms in total. The zero-order valence-corrected chi connectivity index (χ0v) is 9.91. The molecule has 1 aliphatic heterocycles. The van der Waals surface area contributed by atoms with Gasteiger partial charge in [-0.05, 0) is 26.7 Å². The molecule has 0 aromatic carbocycles. The van der Waals surface area contributed by atoms with Gasteiger partial charge in [-0.1, -0.05) is 0 Å². The zero-order chi connectivity index (χ0) is 12.4. The first kappa shape index (κ1) is 11.6. The number of aryl methyl sites for hydroxylation is 2. The van der Waals surface area contributed by atoms with Gasteiger partial charge < -0.3 is 9.15 Å². The molecule has 1 aliphatic rings. The molecule has 0 spiro atoms. The zero-order valence-electron chi connectivity index (χ0n) is 9.91. The molecule has 0 unspecified atom stereocenters. The van der Waals surface area contributed by atoms with Crippen molar-refractivity contribution in [1.29, 1.82) is 0 Å². The van der Waals surface area contributed by atoms with Gasteiger partial charge in [0.1, 0.15) is 17.1 Å². The molecule has 0 N–H and O–H groups in total. The van der Waals surface area contributed by atoms with Gasteiger partial charge >= 0.3 is 0 Å². The lowest BCUT2D eigenvalue weighted by molar-refractivity contribution is 0.101. The van der Waals surface area contributed by atoms with Crippen LogP contribution < -0.4 is 5.43 Å². The number of carbonyl (C=O) groups is 1. The van der Waals surface area contributed by atoms with Gasteiger partial charge in [-0.15, -0.1) is 0 Å². The standard InChI is InChI=1S/C13H14O4/c1-8-6-11(14)12(9(2)17-8)13(15)10-4-3-5-16-7-10/h6-7H,3-5H2,1-2H3. The largest absolute Gasteiger partial charge is 0.501 e. The Morgan fingerprint density at radius 1 is 1.35 bits per heavy atom. The molecule has 0 atom stereocenters. The smallest absolute Gasteiger partial charge is 0.199 e. The molecule has 0 amide bonds. The number of hydrogen-bond acceptors (Lipinski definition) is 4. The van der Waals surface area contributed by atoms with E-state index in [0.717, 1.165) is 6.42 Å². The fourth-order valence-electron chi connectivity index (χ4n) is 1.92. The van der Waals surface area contributed by atoms with E-state index >= 15 is 0 Å². The normalized spacial score (nSPS) is 15.1. The summed E-state index contributed by atoms with van der Waals surface area (Å²) in [5.41, 5.74) is 0.366. The summed E-state index contributed by atoms with van der Waals surface area (Å²) in [6, 6.07) is 1.34. The average Bonchev–Trinajstić information content (AvgIpc) is 2.28. The van der Waals surface area contributed by atoms with Crippen molar-refractivity contribution < 1.29 is 13.9 Å². The molecule has 1 aromatic rings. The Morgan fingerprint density at radius 3 is 2.71 bits per heavy atom. The third-order valence-electron chi connectivity index (χ3n) is 2.70. The van der Waals surface area contributed by atoms with Crippen molar-refractivity contribution in [2.75, 3.05) is 6.61 Å². The number of carbonyl (C=O) groups excluding carboxylic acids is 1. The predicted octanol–water partition coefficient (Wildman–Crippen LogP) is 2.13. The SMILES string of the molecule is Cc1cc(=O)c(C(=O)C2=COCCC2)c(C)o1. The Balaban J connectivity index is 2.44. The van der Waals surface area contributed by atoms with E-state index in [2.05, 4.69) is 0 Å². The first-order valence-electron chi connectivity index (χ1n) is 5.56. The minimum absolute atomic E-state index is 0.118. The summed E-state index contributed by atoms with van der Waals surface area (Å²) < 4.78 is 10.4. The predicted molar refractivity (Wildman–Crippen MR) is 62.1 cm³/mol. The summed E-state index contributed by atoms with van der Waals surface area (Å²) in [6.07, 6.45) is 2.89. The number of rotatable bonds is 2. The third kappa shape index (κ3) is 2.30. The maximum Gasteiger partial charge on any atom is 0.199 e. The minimum atomic E-state index is -0.289. The van der Waals surface area contributed by atoms with Gasteiger partial charge in [0, 0.05) is 11.6 Å². The molecule has 90 valence electrons. The molecule has 0 radical (unpaired) electrons. The van der Waals surface area contributed by atoms with Crippen LogP contribution in [0, 0.1) is 13.8 Å². The molecule has 0 saturated carbocycles. The first-order valence-corrected chi connectivity index (χ1v) is 5.56. The number of hydrogen-bond donors (Lipinski definition) is 0. The van der Waals surface area contributed by atoms with E-state index in [1.165, 1.54) is 12.3 Å². The van der Waals surface area contributed by atoms with Crippen LogP contribution in [0.5, 0.6) is 0 Å². The van der Waals surface area contributed by atoms with Gasteiger partial charge in [-0.3, -0.25) is 9.59 Å². The summed E-state index contributed by atoms with van der Waals surface area (Å²) in [6.45, 7) is 3.94. The van der Waals surface area contributed by atoms with Gasteiger partial charge in [0.2, 0.25) is 0 Å². The van der Waals surface area contributed by atoms with Crippen molar-refractivity contribution in [2.45, 2.75) is 26.7 Å². The van der Waals surface area contributed by atoms with Crippen molar-refractivity contribution in [3.63, 3.8) is 0 Å². The van der Waals surface area contributed by atoms with Crippen molar-refractivity contribution in [3.05, 3.63) is 45.2 Å². The molecular weight excluding hydrogens is 220 g/mol. The van der Waals surface area contributed by atoms with Crippen molar-refractivity contribution in [3.8, 4) is 0 Å². The Hall–Kier alpha value is -1.84. The second-order valence-electron chi connectivity index (χ2n) is 4.10. The van der Waals surface area contributed by atoms with E-state index in [0.29, 0.717) is 30.1 Å². The number of ketones is 1. The highest BCUT2D eigenvalue weighted by Crippen LogP contribution is 2.18. The van der Waals surface area contributed by atoms with Crippen LogP contribution in [0.25, 0.3) is 0 Å². The Labute approximate surface area is 98.9 Å². The van der Waals surface area contributed by atoms with Gasteiger partial charge in [0.15, 0.2) is 11.2 Å². The lowest BCUT2D eigenvalue weighted by Crippen LogP contribution is -2.19. The number of Topliss-reactive ketones (excluding diaryl/α,β-unsaturated/α-hetero) is 1. The molecule has 0 saturated heterocycles. The second kappa shape index (κ2) is 4.57. The van der Waals surface area contributed by atoms with E-state index in [4.69, 9.17) is 9.15 Å². The Kier molecular flexibility index (Phi) is 3.13. The lowest BCUT2D eigenvalue weighted by Gasteiger charge is -2.13. The fourth-order valence-corrected chi connectivity index (χ4v) is 1.92. The van der Waals surface area contributed by atoms with Crippen molar-refractivity contribution >= 4 is 5.78 Å². The monoisotopic (exact) mass is 234 g/mol. The molecular formula is C13H14O4. The van der Waals surface area contributed by atoms with Crippen LogP contribution in [0.15, 0.2) is 27.1 Å². The minimum Gasteiger partial charge on any atom is -0.501 e. The van der Waals surface area contributed by atoms with E-state index in [9.17, 15) is 9.59 Å². The second-order valence-corrected chi connectivity index (χ2v) is 4.10. The maximum atomic E-state index is 12.1. The van der Waals surface area contributed by atoms with Crippen LogP contribution in [0.4, 0.5) is 0 Å². The van der Waals surface area contributed by atoms with Gasteiger partial charge in [0.05, 0.1) is 12.9 Å². The van der Waals surface area contributed by atoms with Crippen LogP contribution in [0.1, 0.15) is 34.7 Å². The lowest BCUT2D eigenvalue weighted by atomic mass is 9.99. The number of ether oxygens (including phenoxy) is 1. The highest BCUT2D eigenvalue weighted by atomic mass is 16.5. The fraction of sp³-hybridized carbons (Fsp3) is 0.385. The van der Waals surface area contributed by atoms with Crippen LogP contribution in [-0.4, -0.2) is 12.4 Å². The molecule has 17 heavy (non-hydrogen) atoms. The molecule has 2 heterocycles. The summed E-state index contributed by atoms with van der Waals surface area (Å²) >= 11 is 0. The highest BCUT2D eigenvalue weighted by molar-refractivity contribution is 6.09. The van der Waals surface area contributed by atoms with E-state index in [1.807, 2.05) is 0 Å². The van der Waals surface area contributed by atoms with E-state index in [1.54, 1.807) is 13.8 Å². The van der Waals surface area contributed by atoms with Gasteiger partial charge in [-0.2, -0.15) is 0 Å². The van der Waals surface area contributed by atoms with Crippen LogP contribution in [0.2, 0.25) is 0 Å². The van der Waals surface area contributed by atoms with Crippen molar-refractivity contribution in [2.24, 2.45) is 0 Å². The first-order chi connectivity index (χ1) is 8.09. The topological polar surface area (TPSA) is 56.5 Å². The van der Waals surface area contributed by atoms with Gasteiger partial charge in [0.25, 0.3) is 0 Å². The molecule has 0 bridgehead atoms.